The lowest BCUT2D eigenvalue weighted by atomic mass is 9.83. The Hall–Kier alpha value is -6.77. The van der Waals surface area contributed by atoms with E-state index in [4.69, 9.17) is 43.3 Å². The summed E-state index contributed by atoms with van der Waals surface area (Å²) in [6.07, 6.45) is 20.8. The van der Waals surface area contributed by atoms with Crippen molar-refractivity contribution in [2.75, 3.05) is 47.8 Å². The van der Waals surface area contributed by atoms with Crippen LogP contribution in [0.4, 0.5) is 0 Å². The normalized spacial score (nSPS) is 16.2. The smallest absolute Gasteiger partial charge is 0.330 e. The van der Waals surface area contributed by atoms with Crippen molar-refractivity contribution in [2.45, 2.75) is 117 Å². The van der Waals surface area contributed by atoms with Crippen LogP contribution in [0.2, 0.25) is 0 Å². The van der Waals surface area contributed by atoms with Crippen molar-refractivity contribution in [2.24, 2.45) is 23.7 Å². The molecule has 0 heterocycles. The molecular formula is C58H81NO14. The number of esters is 3. The molecule has 0 atom stereocenters. The van der Waals surface area contributed by atoms with Crippen LogP contribution in [0.5, 0.6) is 34.5 Å². The molecule has 0 bridgehead atoms. The zero-order chi connectivity index (χ0) is 53.9. The van der Waals surface area contributed by atoms with Gasteiger partial charge in [0.2, 0.25) is 0 Å². The summed E-state index contributed by atoms with van der Waals surface area (Å²) in [4.78, 5) is 65.2. The molecule has 0 aliphatic heterocycles. The third-order valence-corrected chi connectivity index (χ3v) is 11.6. The molecule has 2 fully saturated rings. The van der Waals surface area contributed by atoms with Crippen LogP contribution in [-0.4, -0.2) is 90.7 Å². The number of carbonyl (C=O) groups is 6. The number of carbonyl (C=O) groups excluding carboxylic acids is 6. The van der Waals surface area contributed by atoms with Gasteiger partial charge in [-0.15, -0.1) is 0 Å². The Balaban J connectivity index is 0.000000521. The Morgan fingerprint density at radius 3 is 1.25 bits per heavy atom. The van der Waals surface area contributed by atoms with E-state index in [1.165, 1.54) is 18.4 Å². The van der Waals surface area contributed by atoms with Gasteiger partial charge in [0.05, 0.1) is 53.7 Å². The summed E-state index contributed by atoms with van der Waals surface area (Å²) in [7, 11) is 4.81. The van der Waals surface area contributed by atoms with Gasteiger partial charge >= 0.3 is 17.9 Å². The Morgan fingerprint density at radius 1 is 0.507 bits per heavy atom. The van der Waals surface area contributed by atoms with Crippen molar-refractivity contribution in [1.29, 1.82) is 5.41 Å². The minimum absolute atomic E-state index is 0.0882. The van der Waals surface area contributed by atoms with E-state index < -0.39 is 0 Å². The van der Waals surface area contributed by atoms with Crippen LogP contribution in [0.15, 0.2) is 92.0 Å². The summed E-state index contributed by atoms with van der Waals surface area (Å²) >= 11 is 0. The first-order chi connectivity index (χ1) is 35.6. The molecule has 0 aromatic heterocycles. The van der Waals surface area contributed by atoms with Crippen LogP contribution in [-0.2, 0) is 38.2 Å². The van der Waals surface area contributed by atoms with Crippen LogP contribution in [0.25, 0.3) is 0 Å². The quantitative estimate of drug-likeness (QED) is 0.0189. The maximum atomic E-state index is 12.2. The van der Waals surface area contributed by atoms with Gasteiger partial charge in [0.1, 0.15) is 53.4 Å². The van der Waals surface area contributed by atoms with Gasteiger partial charge in [0.25, 0.3) is 0 Å². The summed E-state index contributed by atoms with van der Waals surface area (Å²) in [5, 5.41) is 7.10. The van der Waals surface area contributed by atoms with Crippen molar-refractivity contribution >= 4 is 43.0 Å². The highest BCUT2D eigenvalue weighted by molar-refractivity contribution is 5.82. The molecule has 3 aromatic carbocycles. The fourth-order valence-corrected chi connectivity index (χ4v) is 7.29. The van der Waals surface area contributed by atoms with Gasteiger partial charge in [0.15, 0.2) is 0 Å². The zero-order valence-corrected chi connectivity index (χ0v) is 43.9. The van der Waals surface area contributed by atoms with E-state index in [0.717, 1.165) is 137 Å². The Kier molecular flexibility index (Phi) is 36.8. The highest BCUT2D eigenvalue weighted by Gasteiger charge is 2.27. The van der Waals surface area contributed by atoms with E-state index >= 15 is 0 Å². The predicted molar refractivity (Wildman–Crippen MR) is 283 cm³/mol. The first-order valence-corrected chi connectivity index (χ1v) is 25.4. The van der Waals surface area contributed by atoms with Gasteiger partial charge in [-0.3, -0.25) is 4.79 Å². The number of aldehydes is 3. The molecule has 0 saturated heterocycles. The highest BCUT2D eigenvalue weighted by atomic mass is 16.5. The molecule has 0 amide bonds. The van der Waals surface area contributed by atoms with Gasteiger partial charge in [-0.2, -0.15) is 0 Å². The molecule has 15 nitrogen and oxygen atoms in total. The first-order valence-electron chi connectivity index (χ1n) is 25.4. The lowest BCUT2D eigenvalue weighted by molar-refractivity contribution is -0.141. The van der Waals surface area contributed by atoms with Crippen LogP contribution in [0, 0.1) is 29.1 Å². The lowest BCUT2D eigenvalue weighted by Crippen LogP contribution is -2.26. The highest BCUT2D eigenvalue weighted by Crippen LogP contribution is 2.30. The molecular weight excluding hydrogens is 935 g/mol. The zero-order valence-electron chi connectivity index (χ0n) is 43.9. The predicted octanol–water partition coefficient (Wildman–Crippen LogP) is 11.5. The van der Waals surface area contributed by atoms with Crippen molar-refractivity contribution < 1.29 is 66.7 Å². The van der Waals surface area contributed by atoms with E-state index in [9.17, 15) is 28.8 Å². The van der Waals surface area contributed by atoms with Crippen molar-refractivity contribution in [3.8, 4) is 34.5 Å². The third-order valence-electron chi connectivity index (χ3n) is 11.6. The lowest BCUT2D eigenvalue weighted by Gasteiger charge is -2.23. The summed E-state index contributed by atoms with van der Waals surface area (Å²) < 4.78 is 41.7. The standard InChI is InChI=1S/C23H30O6.C16H22O4.C9H11NO2.C8H12O2.C2H6/c1-2-22(25)28-16-6-4-3-5-15-27-20-11-13-21(14-12-20)29-23(26)19-9-7-18(17-24)8-10-19;1-3-16(17)20-13-7-5-4-6-12-19-15-10-8-14(18-2)9-11-15;1-11-8-3-4-9(12-2)7(5-8)6-10;9-5-7-1-2-8(6-10)4-3-7;1-2/h2,11-14,17-19H,1,3-10,15-16H2;3,8-11H,1,4-7,12-13H2,2H3;3-6,10H,1-2H3;5-8H,1-4H2;1-2H3. The maximum absolute atomic E-state index is 12.2. The van der Waals surface area contributed by atoms with Crippen LogP contribution >= 0.6 is 0 Å². The fraction of sp³-hybridized carbons (Fsp3) is 0.500. The number of rotatable bonds is 27. The SMILES string of the molecule is C=CC(=O)OCCCCCCOc1ccc(OC(=O)C2CCC(C=O)CC2)cc1.C=CC(=O)OCCCCCCOc1ccc(OC)cc1.CC.COc1ccc(OC)c(C=N)c1.O=CC1CCC(C=O)CC1. The molecule has 2 aliphatic carbocycles. The number of hydrogen-bond acceptors (Lipinski definition) is 15. The van der Waals surface area contributed by atoms with Crippen molar-refractivity contribution in [1.82, 2.24) is 0 Å². The largest absolute Gasteiger partial charge is 0.497 e. The number of unbranched alkanes of at least 4 members (excludes halogenated alkanes) is 6. The van der Waals surface area contributed by atoms with Gasteiger partial charge in [-0.25, -0.2) is 9.59 Å². The molecule has 0 radical (unpaired) electrons. The first kappa shape index (κ1) is 64.2. The van der Waals surface area contributed by atoms with E-state index in [0.29, 0.717) is 50.8 Å². The second-order valence-electron chi connectivity index (χ2n) is 16.8. The second kappa shape index (κ2) is 41.8. The molecule has 3 aromatic rings. The van der Waals surface area contributed by atoms with Gasteiger partial charge < -0.3 is 57.7 Å². The van der Waals surface area contributed by atoms with Crippen LogP contribution in [0.1, 0.15) is 122 Å². The molecule has 0 spiro atoms. The number of hydrogen-bond donors (Lipinski definition) is 1. The van der Waals surface area contributed by atoms with E-state index in [1.54, 1.807) is 63.8 Å². The summed E-state index contributed by atoms with van der Waals surface area (Å²) in [5.74, 6) is 3.81. The van der Waals surface area contributed by atoms with E-state index in [1.807, 2.05) is 38.1 Å². The molecule has 402 valence electrons. The Labute approximate surface area is 433 Å². The topological polar surface area (TPSA) is 200 Å². The number of nitrogens with one attached hydrogen (secondary N) is 1. The molecule has 2 saturated carbocycles. The average Bonchev–Trinajstić information content (AvgIpc) is 3.45. The van der Waals surface area contributed by atoms with Crippen LogP contribution < -0.4 is 28.4 Å². The summed E-state index contributed by atoms with van der Waals surface area (Å²) in [6, 6.07) is 19.9. The third kappa shape index (κ3) is 29.4. The van der Waals surface area contributed by atoms with Gasteiger partial charge in [-0.1, -0.05) is 27.0 Å². The fourth-order valence-electron chi connectivity index (χ4n) is 7.29. The van der Waals surface area contributed by atoms with Gasteiger partial charge in [0, 0.05) is 41.7 Å². The van der Waals surface area contributed by atoms with Crippen LogP contribution in [0.3, 0.4) is 0 Å². The Morgan fingerprint density at radius 2 is 0.877 bits per heavy atom. The van der Waals surface area contributed by atoms with E-state index in [2.05, 4.69) is 13.2 Å². The van der Waals surface area contributed by atoms with Crippen molar-refractivity contribution in [3.05, 3.63) is 97.6 Å². The molecule has 5 rings (SSSR count). The molecule has 73 heavy (non-hydrogen) atoms. The average molecular weight is 1020 g/mol. The van der Waals surface area contributed by atoms with Gasteiger partial charge in [-0.05, 0) is 169 Å². The Bertz CT molecular complexity index is 1990. The van der Waals surface area contributed by atoms with Crippen molar-refractivity contribution in [3.63, 3.8) is 0 Å². The second-order valence-corrected chi connectivity index (χ2v) is 16.8. The summed E-state index contributed by atoms with van der Waals surface area (Å²) in [5.41, 5.74) is 0.719. The molecule has 15 heteroatoms. The number of methoxy groups -OCH3 is 3. The number of ether oxygens (including phenoxy) is 8. The number of benzene rings is 3. The molecule has 1 N–H and O–H groups in total. The van der Waals surface area contributed by atoms with E-state index in [-0.39, 0.29) is 41.6 Å². The molecule has 0 unspecified atom stereocenters. The monoisotopic (exact) mass is 1020 g/mol. The molecule has 2 aliphatic rings. The maximum Gasteiger partial charge on any atom is 0.330 e. The minimum atomic E-state index is -0.382. The minimum Gasteiger partial charge on any atom is -0.497 e. The summed E-state index contributed by atoms with van der Waals surface area (Å²) in [6.45, 7) is 12.9.